The zero-order chi connectivity index (χ0) is 26.7. The van der Waals surface area contributed by atoms with Gasteiger partial charge in [0.05, 0.1) is 5.56 Å². The smallest absolute Gasteiger partial charge is 0.415 e. The van der Waals surface area contributed by atoms with Crippen molar-refractivity contribution in [2.24, 2.45) is 0 Å². The van der Waals surface area contributed by atoms with Crippen molar-refractivity contribution in [3.63, 3.8) is 0 Å². The normalized spacial score (nSPS) is 19.1. The minimum atomic E-state index is -0.531. The lowest BCUT2D eigenvalue weighted by Crippen LogP contribution is -2.41. The quantitative estimate of drug-likeness (QED) is 0.621. The lowest BCUT2D eigenvalue weighted by Gasteiger charge is -2.32. The lowest BCUT2D eigenvalue weighted by molar-refractivity contribution is 0.0792. The van der Waals surface area contributed by atoms with Crippen LogP contribution in [0.4, 0.5) is 4.79 Å². The Morgan fingerprint density at radius 2 is 1.78 bits per heavy atom. The van der Waals surface area contributed by atoms with Crippen LogP contribution in [0.2, 0.25) is 0 Å². The average Bonchev–Trinajstić information content (AvgIpc) is 3.29. The molecule has 1 aromatic carbocycles. The van der Waals surface area contributed by atoms with Gasteiger partial charge in [0.2, 0.25) is 0 Å². The Morgan fingerprint density at radius 1 is 1.08 bits per heavy atom. The third-order valence-corrected chi connectivity index (χ3v) is 7.49. The van der Waals surface area contributed by atoms with Crippen molar-refractivity contribution in [3.05, 3.63) is 58.3 Å². The number of carbonyl (C=O) groups is 2. The van der Waals surface area contributed by atoms with Gasteiger partial charge in [0, 0.05) is 64.6 Å². The van der Waals surface area contributed by atoms with Crippen LogP contribution in [0.5, 0.6) is 11.5 Å². The molecule has 37 heavy (non-hydrogen) atoms. The van der Waals surface area contributed by atoms with E-state index in [2.05, 4.69) is 35.2 Å². The first kappa shape index (κ1) is 26.8. The zero-order valence-electron chi connectivity index (χ0n) is 22.8. The standard InChI is InChI=1S/C29H40N4O4/c1-6-32(7-2)29(36)37-27-16-26(34)24(20(3)4)15-25(27)28(35)33-18-22-9-8-21(14-23(22)19-33)17-31-12-10-30(5)11-13-31/h8-9,15-17,20,34H,6-7,10-14,18-19H2,1-5H3. The van der Waals surface area contributed by atoms with Gasteiger partial charge in [0.1, 0.15) is 11.5 Å². The summed E-state index contributed by atoms with van der Waals surface area (Å²) in [6.07, 6.45) is 6.86. The molecule has 4 rings (SSSR count). The van der Waals surface area contributed by atoms with Crippen LogP contribution >= 0.6 is 0 Å². The minimum Gasteiger partial charge on any atom is -0.508 e. The van der Waals surface area contributed by atoms with Gasteiger partial charge in [-0.3, -0.25) is 4.79 Å². The first-order valence-corrected chi connectivity index (χ1v) is 13.3. The van der Waals surface area contributed by atoms with E-state index in [4.69, 9.17) is 4.74 Å². The minimum absolute atomic E-state index is 0.00851. The van der Waals surface area contributed by atoms with E-state index in [-0.39, 0.29) is 23.3 Å². The number of phenolic OH excluding ortho intramolecular Hbond substituents is 1. The highest BCUT2D eigenvalue weighted by atomic mass is 16.6. The molecular weight excluding hydrogens is 468 g/mol. The summed E-state index contributed by atoms with van der Waals surface area (Å²) in [6, 6.07) is 3.09. The molecule has 0 bridgehead atoms. The Hall–Kier alpha value is -3.26. The second-order valence-corrected chi connectivity index (χ2v) is 10.4. The maximum absolute atomic E-state index is 13.8. The van der Waals surface area contributed by atoms with E-state index >= 15 is 0 Å². The molecule has 0 atom stereocenters. The maximum atomic E-state index is 13.8. The highest BCUT2D eigenvalue weighted by Gasteiger charge is 2.31. The van der Waals surface area contributed by atoms with Gasteiger partial charge in [-0.15, -0.1) is 0 Å². The van der Waals surface area contributed by atoms with Gasteiger partial charge in [-0.1, -0.05) is 26.0 Å². The average molecular weight is 509 g/mol. The van der Waals surface area contributed by atoms with Gasteiger partial charge in [0.25, 0.3) is 5.91 Å². The first-order chi connectivity index (χ1) is 17.7. The largest absolute Gasteiger partial charge is 0.508 e. The number of benzene rings is 1. The summed E-state index contributed by atoms with van der Waals surface area (Å²) < 4.78 is 5.65. The first-order valence-electron chi connectivity index (χ1n) is 13.3. The van der Waals surface area contributed by atoms with Gasteiger partial charge in [-0.05, 0) is 61.6 Å². The molecule has 0 saturated carbocycles. The molecule has 1 N–H and O–H groups in total. The van der Waals surface area contributed by atoms with E-state index in [0.717, 1.165) is 32.6 Å². The van der Waals surface area contributed by atoms with Crippen molar-refractivity contribution >= 4 is 12.0 Å². The fourth-order valence-corrected chi connectivity index (χ4v) is 5.09. The lowest BCUT2D eigenvalue weighted by atomic mass is 9.96. The van der Waals surface area contributed by atoms with E-state index < -0.39 is 6.09 Å². The van der Waals surface area contributed by atoms with Crippen LogP contribution in [0, 0.1) is 0 Å². The molecule has 0 aromatic heterocycles. The molecule has 0 spiro atoms. The predicted octanol–water partition coefficient (Wildman–Crippen LogP) is 4.20. The van der Waals surface area contributed by atoms with E-state index in [9.17, 15) is 14.7 Å². The topological polar surface area (TPSA) is 76.6 Å². The molecule has 200 valence electrons. The summed E-state index contributed by atoms with van der Waals surface area (Å²) in [4.78, 5) is 34.5. The second kappa shape index (κ2) is 11.4. The Bertz CT molecular complexity index is 1120. The molecule has 2 aliphatic heterocycles. The number of hydrogen-bond acceptors (Lipinski definition) is 6. The second-order valence-electron chi connectivity index (χ2n) is 10.4. The number of piperazine rings is 1. The van der Waals surface area contributed by atoms with Crippen LogP contribution < -0.4 is 4.74 Å². The molecule has 0 radical (unpaired) electrons. The third kappa shape index (κ3) is 6.01. The van der Waals surface area contributed by atoms with Crippen molar-refractivity contribution in [1.29, 1.82) is 0 Å². The van der Waals surface area contributed by atoms with Gasteiger partial charge >= 0.3 is 6.09 Å². The summed E-state index contributed by atoms with van der Waals surface area (Å²) >= 11 is 0. The molecule has 8 nitrogen and oxygen atoms in total. The molecule has 3 aliphatic rings. The number of ether oxygens (including phenoxy) is 1. The number of allylic oxidation sites excluding steroid dienone is 2. The van der Waals surface area contributed by atoms with Crippen molar-refractivity contribution in [1.82, 2.24) is 19.6 Å². The molecule has 0 unspecified atom stereocenters. The number of carbonyl (C=O) groups excluding carboxylic acids is 2. The number of hydrogen-bond donors (Lipinski definition) is 1. The molecular formula is C29H40N4O4. The summed E-state index contributed by atoms with van der Waals surface area (Å²) in [5.74, 6) is -0.0694. The van der Waals surface area contributed by atoms with Crippen LogP contribution in [-0.4, -0.2) is 96.1 Å². The fourth-order valence-electron chi connectivity index (χ4n) is 5.09. The Labute approximate surface area is 220 Å². The van der Waals surface area contributed by atoms with E-state index in [0.29, 0.717) is 37.3 Å². The summed E-state index contributed by atoms with van der Waals surface area (Å²) in [6.45, 7) is 13.9. The summed E-state index contributed by atoms with van der Waals surface area (Å²) in [5.41, 5.74) is 4.65. The van der Waals surface area contributed by atoms with Gasteiger partial charge in [-0.2, -0.15) is 0 Å². The Kier molecular flexibility index (Phi) is 8.27. The van der Waals surface area contributed by atoms with Crippen molar-refractivity contribution in [2.45, 2.75) is 40.0 Å². The number of likely N-dealkylation sites (N-methyl/N-ethyl adjacent to an activating group) is 1. The molecule has 2 heterocycles. The van der Waals surface area contributed by atoms with E-state index in [1.807, 2.05) is 27.7 Å². The number of rotatable bonds is 6. The molecule has 1 fully saturated rings. The Morgan fingerprint density at radius 3 is 2.43 bits per heavy atom. The van der Waals surface area contributed by atoms with Gasteiger partial charge < -0.3 is 29.4 Å². The third-order valence-electron chi connectivity index (χ3n) is 7.49. The van der Waals surface area contributed by atoms with E-state index in [1.165, 1.54) is 27.7 Å². The maximum Gasteiger partial charge on any atom is 0.415 e. The van der Waals surface area contributed by atoms with Crippen LogP contribution in [0.15, 0.2) is 47.2 Å². The molecule has 1 aromatic rings. The van der Waals surface area contributed by atoms with Crippen LogP contribution in [0.25, 0.3) is 0 Å². The van der Waals surface area contributed by atoms with E-state index in [1.54, 1.807) is 11.0 Å². The van der Waals surface area contributed by atoms with Gasteiger partial charge in [0.15, 0.2) is 0 Å². The van der Waals surface area contributed by atoms with Crippen molar-refractivity contribution < 1.29 is 19.4 Å². The predicted molar refractivity (Wildman–Crippen MR) is 145 cm³/mol. The van der Waals surface area contributed by atoms with Crippen molar-refractivity contribution in [2.75, 3.05) is 59.4 Å². The SMILES string of the molecule is CCN(CC)C(=O)Oc1cc(O)c(C(C)C)cc1C(=O)N1CC2=C(CC(=CN3CCN(C)CC3)C=C2)C1. The number of phenols is 1. The monoisotopic (exact) mass is 508 g/mol. The number of aromatic hydroxyl groups is 1. The number of amides is 2. The molecule has 2 amide bonds. The Balaban J connectivity index is 1.52. The van der Waals surface area contributed by atoms with Crippen molar-refractivity contribution in [3.8, 4) is 11.5 Å². The highest BCUT2D eigenvalue weighted by molar-refractivity contribution is 5.99. The van der Waals surface area contributed by atoms with Gasteiger partial charge in [-0.25, -0.2) is 4.79 Å². The summed E-state index contributed by atoms with van der Waals surface area (Å²) in [7, 11) is 2.15. The summed E-state index contributed by atoms with van der Waals surface area (Å²) in [5, 5.41) is 10.6. The fraction of sp³-hybridized carbons (Fsp3) is 0.517. The van der Waals surface area contributed by atoms with Crippen LogP contribution in [0.1, 0.15) is 56.0 Å². The number of nitrogens with zero attached hydrogens (tertiary/aromatic N) is 4. The van der Waals surface area contributed by atoms with Crippen LogP contribution in [-0.2, 0) is 0 Å². The molecule has 8 heteroatoms. The molecule has 1 aliphatic carbocycles. The highest BCUT2D eigenvalue weighted by Crippen LogP contribution is 2.36. The van der Waals surface area contributed by atoms with Crippen LogP contribution in [0.3, 0.4) is 0 Å². The molecule has 1 saturated heterocycles. The zero-order valence-corrected chi connectivity index (χ0v) is 22.8.